The summed E-state index contributed by atoms with van der Waals surface area (Å²) in [5, 5.41) is 10.0. The lowest BCUT2D eigenvalue weighted by atomic mass is 10.2. The number of hydrogen-bond donors (Lipinski definition) is 1. The minimum atomic E-state index is -0.135. The van der Waals surface area contributed by atoms with Gasteiger partial charge in [0.25, 0.3) is 0 Å². The van der Waals surface area contributed by atoms with Crippen molar-refractivity contribution in [3.05, 3.63) is 18.1 Å². The number of aliphatic hydroxyl groups is 1. The smallest absolute Gasteiger partial charge is 0.215 e. The summed E-state index contributed by atoms with van der Waals surface area (Å²) in [5.41, 5.74) is 1.74. The van der Waals surface area contributed by atoms with E-state index in [9.17, 15) is 9.90 Å². The third kappa shape index (κ3) is 2.28. The Balaban J connectivity index is 2.08. The topological polar surface area (TPSA) is 80.5 Å². The molecule has 1 N–H and O–H groups in total. The van der Waals surface area contributed by atoms with E-state index in [1.165, 1.54) is 11.2 Å². The molecule has 7 nitrogen and oxygen atoms in total. The number of amides is 1. The second-order valence-corrected chi connectivity index (χ2v) is 5.28. The molecular weight excluding hydrogens is 272 g/mol. The monoisotopic (exact) mass is 290 g/mol. The van der Waals surface area contributed by atoms with Gasteiger partial charge in [0.15, 0.2) is 0 Å². The molecule has 2 aromatic heterocycles. The summed E-state index contributed by atoms with van der Waals surface area (Å²) in [6, 6.07) is 1.96. The van der Waals surface area contributed by atoms with Crippen LogP contribution in [0.3, 0.4) is 0 Å². The largest absolute Gasteiger partial charge is 0.394 e. The second-order valence-electron chi connectivity index (χ2n) is 5.28. The number of rotatable bonds is 4. The molecule has 1 saturated heterocycles. The number of fused-ring (bicyclic) bond motifs is 1. The lowest BCUT2D eigenvalue weighted by molar-refractivity contribution is -0.107. The highest BCUT2D eigenvalue weighted by Gasteiger charge is 2.28. The molecule has 7 heteroatoms. The Bertz CT molecular complexity index is 670. The molecule has 0 aliphatic carbocycles. The zero-order chi connectivity index (χ0) is 15.0. The minimum absolute atomic E-state index is 0.0306. The molecule has 112 valence electrons. The fourth-order valence-electron chi connectivity index (χ4n) is 2.85. The van der Waals surface area contributed by atoms with Crippen LogP contribution in [0.15, 0.2) is 12.4 Å². The third-order valence-corrected chi connectivity index (χ3v) is 3.87. The van der Waals surface area contributed by atoms with Gasteiger partial charge < -0.3 is 19.3 Å². The van der Waals surface area contributed by atoms with Crippen molar-refractivity contribution in [2.45, 2.75) is 32.1 Å². The van der Waals surface area contributed by atoms with Gasteiger partial charge in [0.05, 0.1) is 18.1 Å². The van der Waals surface area contributed by atoms with E-state index in [-0.39, 0.29) is 18.9 Å². The van der Waals surface area contributed by atoms with E-state index in [0.717, 1.165) is 36.0 Å². The molecule has 0 radical (unpaired) electrons. The molecule has 3 rings (SSSR count). The number of nitrogens with zero attached hydrogens (tertiary/aromatic N) is 4. The van der Waals surface area contributed by atoms with Crippen LogP contribution in [0.5, 0.6) is 0 Å². The Kier molecular flexibility index (Phi) is 3.60. The molecule has 21 heavy (non-hydrogen) atoms. The Morgan fingerprint density at radius 1 is 1.52 bits per heavy atom. The number of anilines is 1. The van der Waals surface area contributed by atoms with E-state index in [4.69, 9.17) is 4.74 Å². The lowest BCUT2D eigenvalue weighted by Gasteiger charge is -2.17. The van der Waals surface area contributed by atoms with Crippen molar-refractivity contribution >= 4 is 23.3 Å². The number of aliphatic hydroxyl groups excluding tert-OH is 1. The SMILES string of the molecule is Cc1cc2c(N(C)C=O)ncnc2n1C1CCC(CO)O1. The van der Waals surface area contributed by atoms with Crippen molar-refractivity contribution in [3.63, 3.8) is 0 Å². The molecule has 1 amide bonds. The first-order valence-electron chi connectivity index (χ1n) is 6.92. The van der Waals surface area contributed by atoms with E-state index in [1.807, 2.05) is 17.6 Å². The zero-order valence-corrected chi connectivity index (χ0v) is 12.1. The molecule has 1 fully saturated rings. The summed E-state index contributed by atoms with van der Waals surface area (Å²) in [6.07, 6.45) is 3.58. The van der Waals surface area contributed by atoms with Gasteiger partial charge >= 0.3 is 0 Å². The average Bonchev–Trinajstić information content (AvgIpc) is 3.08. The quantitative estimate of drug-likeness (QED) is 0.850. The number of hydrogen-bond acceptors (Lipinski definition) is 5. The van der Waals surface area contributed by atoms with Crippen molar-refractivity contribution in [2.24, 2.45) is 0 Å². The van der Waals surface area contributed by atoms with Gasteiger partial charge in [-0.3, -0.25) is 4.79 Å². The van der Waals surface area contributed by atoms with Crippen molar-refractivity contribution in [1.82, 2.24) is 14.5 Å². The fraction of sp³-hybridized carbons (Fsp3) is 0.500. The molecule has 2 aromatic rings. The highest BCUT2D eigenvalue weighted by Crippen LogP contribution is 2.34. The molecule has 1 aliphatic rings. The van der Waals surface area contributed by atoms with Gasteiger partial charge in [-0.1, -0.05) is 0 Å². The molecule has 0 saturated carbocycles. The van der Waals surface area contributed by atoms with Crippen LogP contribution in [0.25, 0.3) is 11.0 Å². The predicted molar refractivity (Wildman–Crippen MR) is 77.0 cm³/mol. The Hall–Kier alpha value is -1.99. The van der Waals surface area contributed by atoms with Gasteiger partial charge in [-0.15, -0.1) is 0 Å². The highest BCUT2D eigenvalue weighted by molar-refractivity contribution is 5.93. The molecule has 0 aromatic carbocycles. The Morgan fingerprint density at radius 2 is 2.33 bits per heavy atom. The number of ether oxygens (including phenoxy) is 1. The second kappa shape index (κ2) is 5.42. The normalized spacial score (nSPS) is 21.9. The van der Waals surface area contributed by atoms with Crippen LogP contribution in [0.1, 0.15) is 24.8 Å². The van der Waals surface area contributed by atoms with Gasteiger partial charge in [0.2, 0.25) is 6.41 Å². The highest BCUT2D eigenvalue weighted by atomic mass is 16.5. The molecular formula is C14H18N4O3. The maximum Gasteiger partial charge on any atom is 0.215 e. The van der Waals surface area contributed by atoms with Crippen LogP contribution in [0, 0.1) is 6.92 Å². The van der Waals surface area contributed by atoms with Crippen molar-refractivity contribution in [2.75, 3.05) is 18.6 Å². The Labute approximate surface area is 122 Å². The maximum absolute atomic E-state index is 11.0. The number of aromatic nitrogens is 3. The van der Waals surface area contributed by atoms with E-state index >= 15 is 0 Å². The average molecular weight is 290 g/mol. The first-order chi connectivity index (χ1) is 10.2. The summed E-state index contributed by atoms with van der Waals surface area (Å²) in [5.74, 6) is 0.577. The molecule has 3 heterocycles. The summed E-state index contributed by atoms with van der Waals surface area (Å²) >= 11 is 0. The number of aryl methyl sites for hydroxylation is 1. The van der Waals surface area contributed by atoms with Crippen molar-refractivity contribution in [3.8, 4) is 0 Å². The van der Waals surface area contributed by atoms with Gasteiger partial charge in [-0.05, 0) is 25.8 Å². The molecule has 2 unspecified atom stereocenters. The zero-order valence-electron chi connectivity index (χ0n) is 12.1. The van der Waals surface area contributed by atoms with Gasteiger partial charge in [0, 0.05) is 12.7 Å². The third-order valence-electron chi connectivity index (χ3n) is 3.87. The Morgan fingerprint density at radius 3 is 3.00 bits per heavy atom. The van der Waals surface area contributed by atoms with E-state index in [1.54, 1.807) is 7.05 Å². The summed E-state index contributed by atoms with van der Waals surface area (Å²) in [6.45, 7) is 2.00. The van der Waals surface area contributed by atoms with Gasteiger partial charge in [-0.25, -0.2) is 9.97 Å². The predicted octanol–water partition coefficient (Wildman–Crippen LogP) is 1.00. The summed E-state index contributed by atoms with van der Waals surface area (Å²) in [7, 11) is 1.66. The van der Waals surface area contributed by atoms with Crippen LogP contribution in [0.2, 0.25) is 0 Å². The van der Waals surface area contributed by atoms with E-state index < -0.39 is 0 Å². The van der Waals surface area contributed by atoms with E-state index in [2.05, 4.69) is 9.97 Å². The maximum atomic E-state index is 11.0. The number of carbonyl (C=O) groups is 1. The van der Waals surface area contributed by atoms with Crippen LogP contribution in [-0.4, -0.2) is 45.8 Å². The van der Waals surface area contributed by atoms with Gasteiger partial charge in [0.1, 0.15) is 24.0 Å². The van der Waals surface area contributed by atoms with Crippen LogP contribution >= 0.6 is 0 Å². The standard InChI is InChI=1S/C14H18N4O3/c1-9-5-11-13(17(2)8-20)15-7-16-14(11)18(9)12-4-3-10(6-19)21-12/h5,7-8,10,12,19H,3-4,6H2,1-2H3. The summed E-state index contributed by atoms with van der Waals surface area (Å²) < 4.78 is 7.85. The molecule has 0 bridgehead atoms. The van der Waals surface area contributed by atoms with E-state index in [0.29, 0.717) is 5.82 Å². The lowest BCUT2D eigenvalue weighted by Crippen LogP contribution is -2.17. The summed E-state index contributed by atoms with van der Waals surface area (Å²) in [4.78, 5) is 20.9. The van der Waals surface area contributed by atoms with Crippen LogP contribution in [-0.2, 0) is 9.53 Å². The first-order valence-corrected chi connectivity index (χ1v) is 6.92. The number of carbonyl (C=O) groups excluding carboxylic acids is 1. The molecule has 0 spiro atoms. The van der Waals surface area contributed by atoms with Crippen LogP contribution in [0.4, 0.5) is 5.82 Å². The fourth-order valence-corrected chi connectivity index (χ4v) is 2.85. The minimum Gasteiger partial charge on any atom is -0.394 e. The van der Waals surface area contributed by atoms with Crippen molar-refractivity contribution < 1.29 is 14.6 Å². The molecule has 2 atom stereocenters. The van der Waals surface area contributed by atoms with Crippen LogP contribution < -0.4 is 4.90 Å². The van der Waals surface area contributed by atoms with Gasteiger partial charge in [-0.2, -0.15) is 0 Å². The molecule has 1 aliphatic heterocycles. The van der Waals surface area contributed by atoms with Crippen molar-refractivity contribution in [1.29, 1.82) is 0 Å². The first kappa shape index (κ1) is 14.0.